The van der Waals surface area contributed by atoms with Crippen LogP contribution in [0.5, 0.6) is 0 Å². The van der Waals surface area contributed by atoms with E-state index in [2.05, 4.69) is 38.2 Å². The van der Waals surface area contributed by atoms with E-state index in [0.717, 1.165) is 19.3 Å². The molecule has 1 aliphatic rings. The fourth-order valence-electron chi connectivity index (χ4n) is 3.11. The smallest absolute Gasteiger partial charge is 0.317 e. The molecule has 4 nitrogen and oxygen atoms in total. The van der Waals surface area contributed by atoms with Crippen molar-refractivity contribution in [2.45, 2.75) is 57.6 Å². The molecular weight excluding hydrogens is 288 g/mol. The van der Waals surface area contributed by atoms with Gasteiger partial charge in [-0.3, -0.25) is 0 Å². The van der Waals surface area contributed by atoms with Crippen LogP contribution >= 0.6 is 0 Å². The molecule has 23 heavy (non-hydrogen) atoms. The summed E-state index contributed by atoms with van der Waals surface area (Å²) in [5.74, 6) is 0.382. The molecule has 0 radical (unpaired) electrons. The van der Waals surface area contributed by atoms with Crippen LogP contribution < -0.4 is 5.32 Å². The van der Waals surface area contributed by atoms with E-state index in [1.165, 1.54) is 5.56 Å². The maximum atomic E-state index is 12.5. The van der Waals surface area contributed by atoms with Crippen LogP contribution in [0.1, 0.15) is 45.6 Å². The molecule has 2 unspecified atom stereocenters. The molecule has 1 saturated carbocycles. The Bertz CT molecular complexity index is 511. The minimum atomic E-state index is -0.395. The predicted octanol–water partition coefficient (Wildman–Crippen LogP) is 3.16. The summed E-state index contributed by atoms with van der Waals surface area (Å²) in [5.41, 5.74) is 1.06. The molecule has 0 spiro atoms. The van der Waals surface area contributed by atoms with Crippen LogP contribution in [-0.4, -0.2) is 41.8 Å². The first kappa shape index (κ1) is 17.8. The van der Waals surface area contributed by atoms with E-state index in [9.17, 15) is 9.90 Å². The number of carbonyl (C=O) groups is 1. The number of nitrogens with zero attached hydrogens (tertiary/aromatic N) is 1. The van der Waals surface area contributed by atoms with Crippen molar-refractivity contribution in [3.05, 3.63) is 35.9 Å². The Hall–Kier alpha value is -1.55. The van der Waals surface area contributed by atoms with Crippen molar-refractivity contribution < 1.29 is 9.90 Å². The molecule has 0 heterocycles. The lowest BCUT2D eigenvalue weighted by molar-refractivity contribution is 0.111. The second-order valence-electron chi connectivity index (χ2n) is 7.28. The third kappa shape index (κ3) is 4.47. The van der Waals surface area contributed by atoms with Gasteiger partial charge in [0.15, 0.2) is 0 Å². The first-order valence-corrected chi connectivity index (χ1v) is 8.61. The highest BCUT2D eigenvalue weighted by molar-refractivity contribution is 5.74. The number of aliphatic hydroxyl groups excluding tert-OH is 1. The zero-order chi connectivity index (χ0) is 17.0. The summed E-state index contributed by atoms with van der Waals surface area (Å²) in [6, 6.07) is 10.2. The van der Waals surface area contributed by atoms with Gasteiger partial charge in [0, 0.05) is 25.0 Å². The van der Waals surface area contributed by atoms with Crippen molar-refractivity contribution in [3.8, 4) is 0 Å². The van der Waals surface area contributed by atoms with Crippen molar-refractivity contribution in [1.82, 2.24) is 10.2 Å². The highest BCUT2D eigenvalue weighted by atomic mass is 16.3. The quantitative estimate of drug-likeness (QED) is 0.811. The normalized spacial score (nSPS) is 17.4. The van der Waals surface area contributed by atoms with Gasteiger partial charge in [-0.25, -0.2) is 4.79 Å². The minimum absolute atomic E-state index is 0.0397. The zero-order valence-corrected chi connectivity index (χ0v) is 14.7. The molecule has 2 rings (SSSR count). The lowest BCUT2D eigenvalue weighted by Gasteiger charge is -2.36. The molecule has 1 aliphatic carbocycles. The number of likely N-dealkylation sites (N-methyl/N-ethyl adjacent to an activating group) is 1. The van der Waals surface area contributed by atoms with Gasteiger partial charge >= 0.3 is 6.03 Å². The van der Waals surface area contributed by atoms with Gasteiger partial charge in [0.25, 0.3) is 0 Å². The molecule has 1 aromatic rings. The van der Waals surface area contributed by atoms with Gasteiger partial charge in [0.1, 0.15) is 0 Å². The van der Waals surface area contributed by atoms with Gasteiger partial charge in [-0.1, -0.05) is 51.1 Å². The number of urea groups is 1. The standard InChI is InChI=1S/C19H30N2O2/c1-5-17(19(2,3)15-9-7-6-8-10-15)20-18(23)21(4)13-16(22)14-11-12-14/h6-10,14,16-17,22H,5,11-13H2,1-4H3,(H,20,23). The lowest BCUT2D eigenvalue weighted by Crippen LogP contribution is -2.52. The van der Waals surface area contributed by atoms with Crippen molar-refractivity contribution in [2.75, 3.05) is 13.6 Å². The molecule has 2 N–H and O–H groups in total. The largest absolute Gasteiger partial charge is 0.391 e. The highest BCUT2D eigenvalue weighted by Gasteiger charge is 2.34. The van der Waals surface area contributed by atoms with Gasteiger partial charge < -0.3 is 15.3 Å². The van der Waals surface area contributed by atoms with E-state index in [0.29, 0.717) is 12.5 Å². The molecule has 0 aromatic heterocycles. The summed E-state index contributed by atoms with van der Waals surface area (Å²) in [6.07, 6.45) is 2.62. The van der Waals surface area contributed by atoms with E-state index in [1.807, 2.05) is 18.2 Å². The van der Waals surface area contributed by atoms with Gasteiger partial charge in [0.2, 0.25) is 0 Å². The topological polar surface area (TPSA) is 52.6 Å². The van der Waals surface area contributed by atoms with Crippen molar-refractivity contribution in [2.24, 2.45) is 5.92 Å². The first-order chi connectivity index (χ1) is 10.9. The summed E-state index contributed by atoms with van der Waals surface area (Å²) in [7, 11) is 1.75. The van der Waals surface area contributed by atoms with Crippen molar-refractivity contribution in [3.63, 3.8) is 0 Å². The van der Waals surface area contributed by atoms with Crippen LogP contribution in [0, 0.1) is 5.92 Å². The third-order valence-corrected chi connectivity index (χ3v) is 5.07. The highest BCUT2D eigenvalue weighted by Crippen LogP contribution is 2.33. The van der Waals surface area contributed by atoms with Crippen LogP contribution in [0.4, 0.5) is 4.79 Å². The van der Waals surface area contributed by atoms with E-state index in [4.69, 9.17) is 0 Å². The molecule has 1 fully saturated rings. The summed E-state index contributed by atoms with van der Waals surface area (Å²) in [4.78, 5) is 14.1. The number of carbonyl (C=O) groups excluding carboxylic acids is 1. The van der Waals surface area contributed by atoms with Gasteiger partial charge in [-0.05, 0) is 30.7 Å². The molecule has 0 bridgehead atoms. The zero-order valence-electron chi connectivity index (χ0n) is 14.7. The maximum Gasteiger partial charge on any atom is 0.317 e. The molecule has 4 heteroatoms. The third-order valence-electron chi connectivity index (χ3n) is 5.07. The monoisotopic (exact) mass is 318 g/mol. The lowest BCUT2D eigenvalue weighted by atomic mass is 9.76. The average molecular weight is 318 g/mol. The second-order valence-corrected chi connectivity index (χ2v) is 7.28. The van der Waals surface area contributed by atoms with Crippen LogP contribution in [0.25, 0.3) is 0 Å². The first-order valence-electron chi connectivity index (χ1n) is 8.61. The van der Waals surface area contributed by atoms with Crippen molar-refractivity contribution in [1.29, 1.82) is 0 Å². The Morgan fingerprint density at radius 1 is 1.35 bits per heavy atom. The van der Waals surface area contributed by atoms with Crippen LogP contribution in [0.2, 0.25) is 0 Å². The molecule has 2 amide bonds. The van der Waals surface area contributed by atoms with Gasteiger partial charge in [-0.15, -0.1) is 0 Å². The van der Waals surface area contributed by atoms with Crippen LogP contribution in [0.15, 0.2) is 30.3 Å². The SMILES string of the molecule is CCC(NC(=O)N(C)CC(O)C1CC1)C(C)(C)c1ccccc1. The number of benzene rings is 1. The van der Waals surface area contributed by atoms with E-state index in [-0.39, 0.29) is 17.5 Å². The molecule has 128 valence electrons. The maximum absolute atomic E-state index is 12.5. The van der Waals surface area contributed by atoms with E-state index < -0.39 is 6.10 Å². The number of hydrogen-bond acceptors (Lipinski definition) is 2. The summed E-state index contributed by atoms with van der Waals surface area (Å²) in [5, 5.41) is 13.2. The Labute approximate surface area is 139 Å². The Balaban J connectivity index is 1.98. The summed E-state index contributed by atoms with van der Waals surface area (Å²) in [6.45, 7) is 6.82. The molecular formula is C19H30N2O2. The van der Waals surface area contributed by atoms with Gasteiger partial charge in [0.05, 0.1) is 6.10 Å². The number of amides is 2. The Kier molecular flexibility index (Phi) is 5.69. The number of aliphatic hydroxyl groups is 1. The minimum Gasteiger partial charge on any atom is -0.391 e. The Morgan fingerprint density at radius 2 is 1.96 bits per heavy atom. The molecule has 0 aliphatic heterocycles. The average Bonchev–Trinajstić information content (AvgIpc) is 3.37. The van der Waals surface area contributed by atoms with Crippen molar-refractivity contribution >= 4 is 6.03 Å². The predicted molar refractivity (Wildman–Crippen MR) is 93.4 cm³/mol. The second kappa shape index (κ2) is 7.35. The van der Waals surface area contributed by atoms with E-state index in [1.54, 1.807) is 11.9 Å². The van der Waals surface area contributed by atoms with Crippen LogP contribution in [0.3, 0.4) is 0 Å². The fraction of sp³-hybridized carbons (Fsp3) is 0.632. The molecule has 0 saturated heterocycles. The fourth-order valence-corrected chi connectivity index (χ4v) is 3.11. The summed E-state index contributed by atoms with van der Waals surface area (Å²) < 4.78 is 0. The number of rotatable bonds is 7. The molecule has 2 atom stereocenters. The Morgan fingerprint density at radius 3 is 2.48 bits per heavy atom. The number of hydrogen-bond donors (Lipinski definition) is 2. The number of nitrogens with one attached hydrogen (secondary N) is 1. The summed E-state index contributed by atoms with van der Waals surface area (Å²) >= 11 is 0. The van der Waals surface area contributed by atoms with Gasteiger partial charge in [-0.2, -0.15) is 0 Å². The van der Waals surface area contributed by atoms with Crippen LogP contribution in [-0.2, 0) is 5.41 Å². The molecule has 1 aromatic carbocycles. The van der Waals surface area contributed by atoms with E-state index >= 15 is 0 Å².